The van der Waals surface area contributed by atoms with Gasteiger partial charge in [0.05, 0.1) is 32.2 Å². The SMILES string of the molecule is COc1ccc2c(c1)[C@]1(C(=O)N2)C(C(=O)c2ccc(OC)c(OC)c2)C(c2ccc([N+](=O)[O-])cc2)C2CCCN21. The van der Waals surface area contributed by atoms with Gasteiger partial charge in [0.1, 0.15) is 11.3 Å². The number of rotatable bonds is 7. The molecule has 3 aliphatic heterocycles. The summed E-state index contributed by atoms with van der Waals surface area (Å²) < 4.78 is 16.4. The van der Waals surface area contributed by atoms with Crippen LogP contribution < -0.4 is 19.5 Å². The van der Waals surface area contributed by atoms with Gasteiger partial charge in [-0.05, 0) is 61.3 Å². The fourth-order valence-corrected chi connectivity index (χ4v) is 7.03. The van der Waals surface area contributed by atoms with Crippen molar-refractivity contribution in [2.45, 2.75) is 30.3 Å². The number of Topliss-reactive ketones (excluding diaryl/α,β-unsaturated/α-hetero) is 1. The predicted molar refractivity (Wildman–Crippen MR) is 146 cm³/mol. The van der Waals surface area contributed by atoms with Crippen molar-refractivity contribution >= 4 is 23.1 Å². The Kier molecular flexibility index (Phi) is 6.22. The molecule has 0 saturated carbocycles. The monoisotopic (exact) mass is 543 g/mol. The number of ketones is 1. The lowest BCUT2D eigenvalue weighted by Gasteiger charge is -2.37. The second-order valence-corrected chi connectivity index (χ2v) is 10.3. The molecule has 2 saturated heterocycles. The van der Waals surface area contributed by atoms with Crippen LogP contribution in [0.25, 0.3) is 0 Å². The number of amides is 1. The van der Waals surface area contributed by atoms with Crippen LogP contribution in [0.2, 0.25) is 0 Å². The third-order valence-electron chi connectivity index (χ3n) is 8.65. The Hall–Kier alpha value is -4.44. The number of carbonyl (C=O) groups is 2. The first-order valence-electron chi connectivity index (χ1n) is 13.1. The van der Waals surface area contributed by atoms with Crippen LogP contribution >= 0.6 is 0 Å². The van der Waals surface area contributed by atoms with E-state index in [0.29, 0.717) is 40.6 Å². The van der Waals surface area contributed by atoms with Crippen LogP contribution in [0.5, 0.6) is 17.2 Å². The quantitative estimate of drug-likeness (QED) is 0.262. The molecule has 2 fully saturated rings. The van der Waals surface area contributed by atoms with Gasteiger partial charge in [-0.3, -0.25) is 24.6 Å². The zero-order valence-corrected chi connectivity index (χ0v) is 22.4. The van der Waals surface area contributed by atoms with Gasteiger partial charge in [-0.25, -0.2) is 0 Å². The van der Waals surface area contributed by atoms with Crippen molar-refractivity contribution in [3.8, 4) is 17.2 Å². The minimum Gasteiger partial charge on any atom is -0.497 e. The molecule has 3 unspecified atom stereocenters. The molecule has 0 radical (unpaired) electrons. The number of hydrogen-bond donors (Lipinski definition) is 1. The van der Waals surface area contributed by atoms with Crippen molar-refractivity contribution in [1.29, 1.82) is 0 Å². The summed E-state index contributed by atoms with van der Waals surface area (Å²) in [5.41, 5.74) is 1.19. The molecule has 3 aromatic carbocycles. The maximum absolute atomic E-state index is 14.7. The van der Waals surface area contributed by atoms with Crippen LogP contribution in [0.1, 0.15) is 40.2 Å². The maximum atomic E-state index is 14.7. The molecule has 1 N–H and O–H groups in total. The molecule has 206 valence electrons. The number of fused-ring (bicyclic) bond motifs is 4. The topological polar surface area (TPSA) is 120 Å². The zero-order chi connectivity index (χ0) is 28.2. The Morgan fingerprint density at radius 3 is 2.42 bits per heavy atom. The smallest absolute Gasteiger partial charge is 0.269 e. The van der Waals surface area contributed by atoms with Crippen molar-refractivity contribution in [3.05, 3.63) is 87.5 Å². The standard InChI is InChI=1S/C30H29N3O7/c1-38-20-11-12-22-21(16-20)30(29(35)31-22)27(28(34)18-8-13-24(39-2)25(15-18)40-3)26(23-5-4-14-32(23)30)17-6-9-19(10-7-17)33(36)37/h6-13,15-16,23,26-27H,4-5,14H2,1-3H3,(H,31,35)/t23?,26?,27?,30-/m1/s1. The van der Waals surface area contributed by atoms with E-state index in [0.717, 1.165) is 18.4 Å². The lowest BCUT2D eigenvalue weighted by Crippen LogP contribution is -2.52. The molecule has 3 heterocycles. The van der Waals surface area contributed by atoms with Gasteiger partial charge in [0.15, 0.2) is 17.3 Å². The Labute approximate surface area is 231 Å². The van der Waals surface area contributed by atoms with E-state index in [-0.39, 0.29) is 23.4 Å². The molecule has 10 nitrogen and oxygen atoms in total. The number of nitrogens with one attached hydrogen (secondary N) is 1. The van der Waals surface area contributed by atoms with Gasteiger partial charge in [-0.2, -0.15) is 0 Å². The van der Waals surface area contributed by atoms with Gasteiger partial charge in [0, 0.05) is 40.9 Å². The predicted octanol–water partition coefficient (Wildman–Crippen LogP) is 4.53. The third-order valence-corrected chi connectivity index (χ3v) is 8.65. The van der Waals surface area contributed by atoms with Crippen LogP contribution in [-0.2, 0) is 10.3 Å². The highest BCUT2D eigenvalue weighted by atomic mass is 16.6. The van der Waals surface area contributed by atoms with E-state index in [1.807, 2.05) is 12.1 Å². The number of nitro benzene ring substituents is 1. The number of nitrogens with zero attached hydrogens (tertiary/aromatic N) is 2. The molecule has 0 bridgehead atoms. The largest absolute Gasteiger partial charge is 0.497 e. The molecule has 3 aliphatic rings. The Balaban J connectivity index is 1.59. The molecule has 40 heavy (non-hydrogen) atoms. The highest BCUT2D eigenvalue weighted by Crippen LogP contribution is 2.61. The van der Waals surface area contributed by atoms with E-state index in [1.165, 1.54) is 26.4 Å². The first-order valence-corrected chi connectivity index (χ1v) is 13.1. The number of methoxy groups -OCH3 is 3. The molecule has 1 amide bonds. The summed E-state index contributed by atoms with van der Waals surface area (Å²) in [7, 11) is 4.60. The van der Waals surface area contributed by atoms with E-state index >= 15 is 0 Å². The minimum absolute atomic E-state index is 0.0313. The van der Waals surface area contributed by atoms with Gasteiger partial charge >= 0.3 is 0 Å². The summed E-state index contributed by atoms with van der Waals surface area (Å²) in [5.74, 6) is -0.221. The first kappa shape index (κ1) is 25.8. The van der Waals surface area contributed by atoms with Crippen molar-refractivity contribution in [3.63, 3.8) is 0 Å². The van der Waals surface area contributed by atoms with E-state index in [1.54, 1.807) is 43.5 Å². The van der Waals surface area contributed by atoms with Crippen molar-refractivity contribution in [2.75, 3.05) is 33.2 Å². The number of carbonyl (C=O) groups excluding carboxylic acids is 2. The van der Waals surface area contributed by atoms with Crippen LogP contribution in [0.4, 0.5) is 11.4 Å². The first-order chi connectivity index (χ1) is 19.3. The maximum Gasteiger partial charge on any atom is 0.269 e. The van der Waals surface area contributed by atoms with Crippen LogP contribution in [-0.4, -0.2) is 55.4 Å². The zero-order valence-electron chi connectivity index (χ0n) is 22.4. The molecule has 4 atom stereocenters. The highest BCUT2D eigenvalue weighted by molar-refractivity contribution is 6.12. The Morgan fingerprint density at radius 1 is 1.00 bits per heavy atom. The number of nitro groups is 1. The van der Waals surface area contributed by atoms with Crippen LogP contribution in [0.15, 0.2) is 60.7 Å². The third kappa shape index (κ3) is 3.59. The van der Waals surface area contributed by atoms with E-state index < -0.39 is 22.3 Å². The van der Waals surface area contributed by atoms with E-state index in [2.05, 4.69) is 10.2 Å². The second kappa shape index (κ2) is 9.63. The lowest BCUT2D eigenvalue weighted by atomic mass is 9.68. The number of benzene rings is 3. The molecule has 3 aromatic rings. The van der Waals surface area contributed by atoms with Gasteiger partial charge < -0.3 is 19.5 Å². The second-order valence-electron chi connectivity index (χ2n) is 10.3. The molecule has 10 heteroatoms. The molecule has 1 spiro atoms. The van der Waals surface area contributed by atoms with Crippen LogP contribution in [0.3, 0.4) is 0 Å². The van der Waals surface area contributed by atoms with E-state index in [4.69, 9.17) is 14.2 Å². The van der Waals surface area contributed by atoms with Crippen molar-refractivity contribution < 1.29 is 28.7 Å². The summed E-state index contributed by atoms with van der Waals surface area (Å²) in [5, 5.41) is 14.4. The Morgan fingerprint density at radius 2 is 1.75 bits per heavy atom. The molecular weight excluding hydrogens is 514 g/mol. The Bertz CT molecular complexity index is 1520. The molecular formula is C30H29N3O7. The highest BCUT2D eigenvalue weighted by Gasteiger charge is 2.69. The number of non-ortho nitro benzene ring substituents is 1. The van der Waals surface area contributed by atoms with Crippen LogP contribution in [0, 0.1) is 16.0 Å². The lowest BCUT2D eigenvalue weighted by molar-refractivity contribution is -0.384. The summed E-state index contributed by atoms with van der Waals surface area (Å²) in [6, 6.07) is 16.7. The van der Waals surface area contributed by atoms with E-state index in [9.17, 15) is 19.7 Å². The molecule has 6 rings (SSSR count). The van der Waals surface area contributed by atoms with Crippen molar-refractivity contribution in [1.82, 2.24) is 4.90 Å². The normalized spacial score (nSPS) is 24.9. The van der Waals surface area contributed by atoms with Gasteiger partial charge in [-0.15, -0.1) is 0 Å². The average Bonchev–Trinajstić information content (AvgIpc) is 3.64. The summed E-state index contributed by atoms with van der Waals surface area (Å²) >= 11 is 0. The summed E-state index contributed by atoms with van der Waals surface area (Å²) in [4.78, 5) is 42.1. The van der Waals surface area contributed by atoms with Gasteiger partial charge in [0.25, 0.3) is 5.69 Å². The fourth-order valence-electron chi connectivity index (χ4n) is 7.03. The molecule has 0 aliphatic carbocycles. The minimum atomic E-state index is -1.29. The number of anilines is 1. The van der Waals surface area contributed by atoms with Gasteiger partial charge in [0.2, 0.25) is 5.91 Å². The van der Waals surface area contributed by atoms with Gasteiger partial charge in [-0.1, -0.05) is 12.1 Å². The van der Waals surface area contributed by atoms with Crippen molar-refractivity contribution in [2.24, 2.45) is 5.92 Å². The summed E-state index contributed by atoms with van der Waals surface area (Å²) in [6.07, 6.45) is 1.64. The number of hydrogen-bond acceptors (Lipinski definition) is 8. The summed E-state index contributed by atoms with van der Waals surface area (Å²) in [6.45, 7) is 0.633. The average molecular weight is 544 g/mol. The number of ether oxygens (including phenoxy) is 3. The fraction of sp³-hybridized carbons (Fsp3) is 0.333. The molecule has 0 aromatic heterocycles.